The molecule has 0 fully saturated rings. The third-order valence-corrected chi connectivity index (χ3v) is 3.08. The van der Waals surface area contributed by atoms with Crippen LogP contribution in [0.1, 0.15) is 41.3 Å². The average Bonchev–Trinajstić information content (AvgIpc) is 2.83. The zero-order valence-electron chi connectivity index (χ0n) is 11.6. The van der Waals surface area contributed by atoms with Gasteiger partial charge in [0, 0.05) is 19.8 Å². The summed E-state index contributed by atoms with van der Waals surface area (Å²) in [5.74, 6) is 0.359. The van der Waals surface area contributed by atoms with Crippen LogP contribution in [0, 0.1) is 0 Å². The summed E-state index contributed by atoms with van der Waals surface area (Å²) in [5, 5.41) is 6.93. The molecule has 2 aromatic rings. The fraction of sp³-hybridized carbons (Fsp3) is 0.333. The largest absolute Gasteiger partial charge is 0.348 e. The molecule has 1 aromatic carbocycles. The maximum absolute atomic E-state index is 11.9. The lowest BCUT2D eigenvalue weighted by Crippen LogP contribution is -2.23. The van der Waals surface area contributed by atoms with Crippen LogP contribution in [0.25, 0.3) is 0 Å². The summed E-state index contributed by atoms with van der Waals surface area (Å²) in [5.41, 5.74) is 3.02. The molecular formula is C15H19N3O. The van der Waals surface area contributed by atoms with Gasteiger partial charge in [0.2, 0.25) is 0 Å². The molecule has 0 saturated heterocycles. The number of carbonyl (C=O) groups is 1. The van der Waals surface area contributed by atoms with E-state index in [9.17, 15) is 4.79 Å². The van der Waals surface area contributed by atoms with Gasteiger partial charge in [-0.15, -0.1) is 0 Å². The van der Waals surface area contributed by atoms with Crippen molar-refractivity contribution in [3.05, 3.63) is 53.3 Å². The summed E-state index contributed by atoms with van der Waals surface area (Å²) in [6, 6.07) is 8.19. The highest BCUT2D eigenvalue weighted by molar-refractivity contribution is 5.93. The highest BCUT2D eigenvalue weighted by Crippen LogP contribution is 2.18. The minimum absolute atomic E-state index is 0.0911. The van der Waals surface area contributed by atoms with Gasteiger partial charge in [-0.2, -0.15) is 5.10 Å². The molecule has 0 saturated carbocycles. The predicted octanol–water partition coefficient (Wildman–Crippen LogP) is 2.47. The highest BCUT2D eigenvalue weighted by atomic mass is 16.1. The molecule has 4 nitrogen and oxygen atoms in total. The minimum atomic E-state index is -0.0911. The first-order valence-electron chi connectivity index (χ1n) is 6.42. The molecule has 1 amide bonds. The van der Waals surface area contributed by atoms with Gasteiger partial charge in [0.1, 0.15) is 0 Å². The first-order valence-corrected chi connectivity index (χ1v) is 6.42. The van der Waals surface area contributed by atoms with Gasteiger partial charge in [-0.1, -0.05) is 38.1 Å². The van der Waals surface area contributed by atoms with E-state index < -0.39 is 0 Å². The molecule has 1 aromatic heterocycles. The zero-order valence-corrected chi connectivity index (χ0v) is 11.6. The SMILES string of the molecule is CC(C)c1ccccc1CNC(=O)c1cnn(C)c1. The number of amides is 1. The van der Waals surface area contributed by atoms with Crippen LogP contribution in [-0.2, 0) is 13.6 Å². The van der Waals surface area contributed by atoms with Crippen molar-refractivity contribution in [2.24, 2.45) is 7.05 Å². The van der Waals surface area contributed by atoms with Crippen molar-refractivity contribution in [3.63, 3.8) is 0 Å². The molecule has 0 aliphatic carbocycles. The summed E-state index contributed by atoms with van der Waals surface area (Å²) in [6.07, 6.45) is 3.29. The Morgan fingerprint density at radius 1 is 1.37 bits per heavy atom. The standard InChI is InChI=1S/C15H19N3O/c1-11(2)14-7-5-4-6-12(14)8-16-15(19)13-9-17-18(3)10-13/h4-7,9-11H,8H2,1-3H3,(H,16,19). The van der Waals surface area contributed by atoms with Crippen molar-refractivity contribution < 1.29 is 4.79 Å². The summed E-state index contributed by atoms with van der Waals surface area (Å²) < 4.78 is 1.62. The van der Waals surface area contributed by atoms with Crippen molar-refractivity contribution in [2.75, 3.05) is 0 Å². The van der Waals surface area contributed by atoms with Crippen molar-refractivity contribution >= 4 is 5.91 Å². The third-order valence-electron chi connectivity index (χ3n) is 3.08. The quantitative estimate of drug-likeness (QED) is 0.914. The molecule has 1 N–H and O–H groups in total. The molecule has 4 heteroatoms. The number of hydrogen-bond donors (Lipinski definition) is 1. The molecule has 0 aliphatic heterocycles. The first-order chi connectivity index (χ1) is 9.08. The second-order valence-electron chi connectivity index (χ2n) is 4.94. The number of nitrogens with one attached hydrogen (secondary N) is 1. The minimum Gasteiger partial charge on any atom is -0.348 e. The Labute approximate surface area is 113 Å². The van der Waals surface area contributed by atoms with Gasteiger partial charge >= 0.3 is 0 Å². The Bertz CT molecular complexity index is 572. The zero-order chi connectivity index (χ0) is 13.8. The first kappa shape index (κ1) is 13.3. The Kier molecular flexibility index (Phi) is 4.00. The van der Waals surface area contributed by atoms with Crippen LogP contribution in [0.5, 0.6) is 0 Å². The Hall–Kier alpha value is -2.10. The van der Waals surface area contributed by atoms with Gasteiger partial charge in [0.25, 0.3) is 5.91 Å². The van der Waals surface area contributed by atoms with E-state index in [1.54, 1.807) is 24.1 Å². The lowest BCUT2D eigenvalue weighted by Gasteiger charge is -2.12. The van der Waals surface area contributed by atoms with E-state index in [4.69, 9.17) is 0 Å². The molecule has 0 aliphatic rings. The van der Waals surface area contributed by atoms with Crippen molar-refractivity contribution in [1.82, 2.24) is 15.1 Å². The number of nitrogens with zero attached hydrogens (tertiary/aromatic N) is 2. The van der Waals surface area contributed by atoms with Gasteiger partial charge in [-0.05, 0) is 17.0 Å². The molecule has 0 unspecified atom stereocenters. The molecule has 0 spiro atoms. The monoisotopic (exact) mass is 257 g/mol. The molecule has 19 heavy (non-hydrogen) atoms. The van der Waals surface area contributed by atoms with Crippen molar-refractivity contribution in [3.8, 4) is 0 Å². The molecule has 0 bridgehead atoms. The van der Waals surface area contributed by atoms with E-state index >= 15 is 0 Å². The smallest absolute Gasteiger partial charge is 0.254 e. The number of aromatic nitrogens is 2. The second-order valence-corrected chi connectivity index (χ2v) is 4.94. The summed E-state index contributed by atoms with van der Waals surface area (Å²) in [7, 11) is 1.80. The number of benzene rings is 1. The molecule has 0 radical (unpaired) electrons. The van der Waals surface area contributed by atoms with Gasteiger partial charge in [0.05, 0.1) is 11.8 Å². The average molecular weight is 257 g/mol. The van der Waals surface area contributed by atoms with Crippen LogP contribution in [0.15, 0.2) is 36.7 Å². The lowest BCUT2D eigenvalue weighted by atomic mass is 9.97. The lowest BCUT2D eigenvalue weighted by molar-refractivity contribution is 0.0950. The number of rotatable bonds is 4. The Morgan fingerprint density at radius 3 is 2.74 bits per heavy atom. The summed E-state index contributed by atoms with van der Waals surface area (Å²) >= 11 is 0. The number of aryl methyl sites for hydroxylation is 1. The van der Waals surface area contributed by atoms with E-state index in [2.05, 4.69) is 36.4 Å². The number of carbonyl (C=O) groups excluding carboxylic acids is 1. The van der Waals surface area contributed by atoms with Crippen LogP contribution < -0.4 is 5.32 Å². The summed E-state index contributed by atoms with van der Waals surface area (Å²) in [6.45, 7) is 4.85. The van der Waals surface area contributed by atoms with Crippen LogP contribution in [0.3, 0.4) is 0 Å². The Morgan fingerprint density at radius 2 is 2.11 bits per heavy atom. The third kappa shape index (κ3) is 3.22. The topological polar surface area (TPSA) is 46.9 Å². The molecule has 100 valence electrons. The van der Waals surface area contributed by atoms with Crippen molar-refractivity contribution in [2.45, 2.75) is 26.3 Å². The fourth-order valence-electron chi connectivity index (χ4n) is 2.07. The highest BCUT2D eigenvalue weighted by Gasteiger charge is 2.10. The van der Waals surface area contributed by atoms with Gasteiger partial charge in [-0.3, -0.25) is 9.48 Å². The van der Waals surface area contributed by atoms with E-state index in [1.165, 1.54) is 5.56 Å². The maximum atomic E-state index is 11.9. The van der Waals surface area contributed by atoms with E-state index in [0.717, 1.165) is 5.56 Å². The normalized spacial score (nSPS) is 10.7. The van der Waals surface area contributed by atoms with Crippen molar-refractivity contribution in [1.29, 1.82) is 0 Å². The van der Waals surface area contributed by atoms with Crippen LogP contribution in [-0.4, -0.2) is 15.7 Å². The van der Waals surface area contributed by atoms with Crippen LogP contribution in [0.4, 0.5) is 0 Å². The maximum Gasteiger partial charge on any atom is 0.254 e. The molecule has 2 rings (SSSR count). The Balaban J connectivity index is 2.05. The molecular weight excluding hydrogens is 238 g/mol. The number of hydrogen-bond acceptors (Lipinski definition) is 2. The fourth-order valence-corrected chi connectivity index (χ4v) is 2.07. The predicted molar refractivity (Wildman–Crippen MR) is 74.9 cm³/mol. The molecule has 1 heterocycles. The van der Waals surface area contributed by atoms with E-state index in [-0.39, 0.29) is 5.91 Å². The van der Waals surface area contributed by atoms with Gasteiger partial charge in [-0.25, -0.2) is 0 Å². The van der Waals surface area contributed by atoms with Crippen LogP contribution >= 0.6 is 0 Å². The van der Waals surface area contributed by atoms with Gasteiger partial charge < -0.3 is 5.32 Å². The second kappa shape index (κ2) is 5.69. The van der Waals surface area contributed by atoms with E-state index in [1.807, 2.05) is 12.1 Å². The van der Waals surface area contributed by atoms with E-state index in [0.29, 0.717) is 18.0 Å². The van der Waals surface area contributed by atoms with Crippen LogP contribution in [0.2, 0.25) is 0 Å². The van der Waals surface area contributed by atoms with Gasteiger partial charge in [0.15, 0.2) is 0 Å². The summed E-state index contributed by atoms with van der Waals surface area (Å²) in [4.78, 5) is 11.9. The molecule has 0 atom stereocenters.